The molecule has 6 amide bonds. The number of carbonyl (C=O) groups is 5. The van der Waals surface area contributed by atoms with Gasteiger partial charge in [-0.05, 0) is 143 Å². The van der Waals surface area contributed by atoms with Crippen molar-refractivity contribution in [3.05, 3.63) is 112 Å². The Morgan fingerprint density at radius 3 is 2.25 bits per heavy atom. The summed E-state index contributed by atoms with van der Waals surface area (Å²) in [7, 11) is 0. The van der Waals surface area contributed by atoms with Gasteiger partial charge in [0.25, 0.3) is 5.91 Å². The maximum atomic E-state index is 16.4. The molecule has 0 spiro atoms. The number of rotatable bonds is 20. The minimum Gasteiger partial charge on any atom is -0.488 e. The number of likely N-dealkylation sites (tertiary alicyclic amines) is 2. The molecule has 5 fully saturated rings. The summed E-state index contributed by atoms with van der Waals surface area (Å²) >= 11 is 6.81. The Hall–Kier alpha value is -6.07. The zero-order valence-electron chi connectivity index (χ0n) is 43.7. The average Bonchev–Trinajstić information content (AvgIpc) is 3.97. The van der Waals surface area contributed by atoms with Gasteiger partial charge in [-0.3, -0.25) is 34.3 Å². The molecule has 4 heterocycles. The number of ether oxygens (including phenoxy) is 3. The molecule has 76 heavy (non-hydrogen) atoms. The number of halogens is 2. The number of nitrogens with two attached hydrogens (primary N) is 1. The summed E-state index contributed by atoms with van der Waals surface area (Å²) in [4.78, 5) is 68.9. The van der Waals surface area contributed by atoms with Gasteiger partial charge >= 0.3 is 6.03 Å². The lowest BCUT2D eigenvalue weighted by Crippen LogP contribution is -2.49. The number of carbonyl (C=O) groups excluding carboxylic acids is 5. The zero-order chi connectivity index (χ0) is 53.1. The number of amides is 6. The van der Waals surface area contributed by atoms with Crippen molar-refractivity contribution in [3.8, 4) is 22.6 Å². The van der Waals surface area contributed by atoms with Crippen molar-refractivity contribution in [3.63, 3.8) is 0 Å². The van der Waals surface area contributed by atoms with E-state index in [1.807, 2.05) is 48.2 Å². The van der Waals surface area contributed by atoms with Crippen LogP contribution in [0, 0.1) is 24.6 Å². The lowest BCUT2D eigenvalue weighted by atomic mass is 9.85. The number of piperidine rings is 2. The lowest BCUT2D eigenvalue weighted by Gasteiger charge is -2.35. The van der Waals surface area contributed by atoms with Crippen molar-refractivity contribution in [2.45, 2.75) is 114 Å². The third-order valence-electron chi connectivity index (χ3n) is 16.3. The van der Waals surface area contributed by atoms with Gasteiger partial charge in [-0.15, -0.1) is 0 Å². The molecule has 2 atom stereocenters. The van der Waals surface area contributed by atoms with E-state index in [1.165, 1.54) is 23.5 Å². The molecule has 4 aromatic rings. The first-order valence-corrected chi connectivity index (χ1v) is 27.8. The summed E-state index contributed by atoms with van der Waals surface area (Å²) in [6.45, 7) is 7.28. The number of nitrogens with one attached hydrogen (secondary N) is 3. The molecule has 406 valence electrons. The van der Waals surface area contributed by atoms with Crippen LogP contribution < -0.4 is 36.1 Å². The second-order valence-electron chi connectivity index (χ2n) is 21.5. The quantitative estimate of drug-likeness (QED) is 0.0669. The number of imide groups is 1. The summed E-state index contributed by atoms with van der Waals surface area (Å²) in [6.07, 6.45) is 11.9. The third-order valence-corrected chi connectivity index (χ3v) is 16.6. The molecule has 0 aromatic heterocycles. The molecule has 4 aromatic carbocycles. The number of primary amides is 1. The van der Waals surface area contributed by atoms with E-state index in [-0.39, 0.29) is 83.4 Å². The number of hydrogen-bond acceptors (Lipinski definition) is 10. The highest BCUT2D eigenvalue weighted by molar-refractivity contribution is 6.33. The number of benzene rings is 4. The van der Waals surface area contributed by atoms with Crippen molar-refractivity contribution in [1.29, 1.82) is 0 Å². The van der Waals surface area contributed by atoms with Crippen LogP contribution in [-0.4, -0.2) is 123 Å². The molecule has 5 N–H and O–H groups in total. The normalized spacial score (nSPS) is 21.3. The summed E-state index contributed by atoms with van der Waals surface area (Å²) < 4.78 is 33.9. The molecule has 5 aliphatic rings. The molecule has 4 aliphatic heterocycles. The number of nitrogens with zero attached hydrogens (tertiary/aromatic N) is 3. The van der Waals surface area contributed by atoms with Crippen LogP contribution >= 0.6 is 11.6 Å². The van der Waals surface area contributed by atoms with Gasteiger partial charge in [-0.25, -0.2) is 9.18 Å². The number of aryl methyl sites for hydroxylation is 1. The Morgan fingerprint density at radius 1 is 0.829 bits per heavy atom. The van der Waals surface area contributed by atoms with E-state index >= 15 is 4.39 Å². The van der Waals surface area contributed by atoms with E-state index in [2.05, 4.69) is 33.0 Å². The maximum Gasteiger partial charge on any atom is 0.328 e. The fraction of sp³-hybridized carbons (Fsp3) is 0.508. The molecule has 1 saturated carbocycles. The second-order valence-corrected chi connectivity index (χ2v) is 21.9. The smallest absolute Gasteiger partial charge is 0.328 e. The standard InChI is InChI=1S/C59H73ClFN7O8/c1-38-9-17-45(33-51(38)68-30-25-53(69)65-59(68)73)75-37-55(71)67-28-23-40(24-29-67)11-10-39-21-26-66(27-22-39)35-54(70)64-44-15-13-43(14-16-44)63-34-49(41-6-3-2-4-7-41)42-12-19-50(60)48(32-42)56-47(58(62)72)18-20-52(57(56)61)76-36-46-8-5-31-74-46/h2-4,6-7,9,12,17-20,32-33,39-40,43-44,46,49,63H,5,8,10-11,13-16,21-31,34-37H2,1H3,(H2,62,72)(H,64,70)(H,65,69,73)/t43?,44?,46-,49?/m0/s1. The second kappa shape index (κ2) is 25.8. The SMILES string of the molecule is Cc1ccc(OCC(=O)N2CCC(CCC3CCN(CC(=O)NC4CCC(NCC(c5ccccc5)c5ccc(Cl)c(-c6c(C(N)=O)ccc(OC[C@@H]7CCCO7)c6F)c5)CC4)CC3)CC2)cc1N1CCC(=O)NC1=O. The minimum atomic E-state index is -0.766. The molecule has 15 nitrogen and oxygen atoms in total. The van der Waals surface area contributed by atoms with Gasteiger partial charge in [-0.2, -0.15) is 0 Å². The molecular formula is C59H73ClFN7O8. The summed E-state index contributed by atoms with van der Waals surface area (Å²) in [5.41, 5.74) is 9.72. The Labute approximate surface area is 450 Å². The van der Waals surface area contributed by atoms with Crippen LogP contribution in [0.2, 0.25) is 5.02 Å². The molecule has 0 radical (unpaired) electrons. The predicted molar refractivity (Wildman–Crippen MR) is 290 cm³/mol. The van der Waals surface area contributed by atoms with Crippen molar-refractivity contribution >= 4 is 46.9 Å². The van der Waals surface area contributed by atoms with Crippen LogP contribution in [0.5, 0.6) is 11.5 Å². The molecule has 0 bridgehead atoms. The first-order valence-electron chi connectivity index (χ1n) is 27.4. The van der Waals surface area contributed by atoms with E-state index < -0.39 is 17.8 Å². The highest BCUT2D eigenvalue weighted by Crippen LogP contribution is 2.40. The molecule has 9 rings (SSSR count). The van der Waals surface area contributed by atoms with E-state index in [9.17, 15) is 24.0 Å². The van der Waals surface area contributed by atoms with Gasteiger partial charge in [0, 0.05) is 79.4 Å². The van der Waals surface area contributed by atoms with E-state index in [0.29, 0.717) is 55.1 Å². The third kappa shape index (κ3) is 14.1. The first-order chi connectivity index (χ1) is 36.8. The molecule has 1 unspecified atom stereocenters. The van der Waals surface area contributed by atoms with Crippen molar-refractivity contribution in [1.82, 2.24) is 25.8 Å². The Kier molecular flexibility index (Phi) is 18.6. The van der Waals surface area contributed by atoms with Crippen LogP contribution in [0.1, 0.15) is 116 Å². The van der Waals surface area contributed by atoms with Crippen LogP contribution in [0.4, 0.5) is 14.9 Å². The molecule has 4 saturated heterocycles. The fourth-order valence-corrected chi connectivity index (χ4v) is 12.0. The van der Waals surface area contributed by atoms with E-state index in [0.717, 1.165) is 113 Å². The van der Waals surface area contributed by atoms with Crippen molar-refractivity contribution in [2.24, 2.45) is 17.6 Å². The van der Waals surface area contributed by atoms with E-state index in [1.54, 1.807) is 18.2 Å². The van der Waals surface area contributed by atoms with Gasteiger partial charge in [0.05, 0.1) is 23.9 Å². The minimum absolute atomic E-state index is 0.00792. The van der Waals surface area contributed by atoms with Crippen molar-refractivity contribution in [2.75, 3.05) is 70.5 Å². The number of urea groups is 1. The predicted octanol–water partition coefficient (Wildman–Crippen LogP) is 8.52. The lowest BCUT2D eigenvalue weighted by molar-refractivity contribution is -0.134. The van der Waals surface area contributed by atoms with Gasteiger partial charge in [0.15, 0.2) is 18.2 Å². The van der Waals surface area contributed by atoms with Crippen LogP contribution in [0.15, 0.2) is 78.9 Å². The number of anilines is 1. The highest BCUT2D eigenvalue weighted by Gasteiger charge is 2.31. The van der Waals surface area contributed by atoms with Gasteiger partial charge < -0.3 is 35.5 Å². The summed E-state index contributed by atoms with van der Waals surface area (Å²) in [5.74, 6) is -0.0670. The van der Waals surface area contributed by atoms with Gasteiger partial charge in [0.1, 0.15) is 12.4 Å². The van der Waals surface area contributed by atoms with Gasteiger partial charge in [0.2, 0.25) is 17.7 Å². The summed E-state index contributed by atoms with van der Waals surface area (Å²) in [5, 5.41) is 9.80. The number of hydrogen-bond donors (Lipinski definition) is 4. The molecular weight excluding hydrogens is 989 g/mol. The van der Waals surface area contributed by atoms with Gasteiger partial charge in [-0.1, -0.05) is 66.9 Å². The monoisotopic (exact) mass is 1060 g/mol. The maximum absolute atomic E-state index is 16.4. The first kappa shape index (κ1) is 54.7. The average molecular weight is 1060 g/mol. The fourth-order valence-electron chi connectivity index (χ4n) is 11.7. The summed E-state index contributed by atoms with van der Waals surface area (Å²) in [6, 6.07) is 24.0. The topological polar surface area (TPSA) is 185 Å². The van der Waals surface area contributed by atoms with Crippen LogP contribution in [-0.2, 0) is 19.1 Å². The zero-order valence-corrected chi connectivity index (χ0v) is 44.4. The Morgan fingerprint density at radius 2 is 1.55 bits per heavy atom. The molecule has 1 aliphatic carbocycles. The van der Waals surface area contributed by atoms with E-state index in [4.69, 9.17) is 31.5 Å². The Bertz CT molecular complexity index is 2680. The highest BCUT2D eigenvalue weighted by atomic mass is 35.5. The van der Waals surface area contributed by atoms with Crippen LogP contribution in [0.25, 0.3) is 11.1 Å². The molecule has 17 heteroatoms. The largest absolute Gasteiger partial charge is 0.488 e. The van der Waals surface area contributed by atoms with Crippen LogP contribution in [0.3, 0.4) is 0 Å². The Balaban J connectivity index is 0.683. The van der Waals surface area contributed by atoms with Crippen molar-refractivity contribution < 1.29 is 42.6 Å².